The molecule has 2 heterocycles. The van der Waals surface area contributed by atoms with E-state index in [-0.39, 0.29) is 11.7 Å². The molecule has 1 aromatic heterocycles. The average Bonchev–Trinajstić information content (AvgIpc) is 2.96. The zero-order chi connectivity index (χ0) is 15.5. The number of carboxylic acids is 1. The van der Waals surface area contributed by atoms with E-state index in [0.29, 0.717) is 24.7 Å². The lowest BCUT2D eigenvalue weighted by molar-refractivity contribution is -0.143. The Hall–Kier alpha value is -2.21. The maximum Gasteiger partial charge on any atom is 0.307 e. The monoisotopic (exact) mass is 304 g/mol. The van der Waals surface area contributed by atoms with Crippen LogP contribution in [0, 0.1) is 11.7 Å². The Balaban J connectivity index is 1.66. The third-order valence-corrected chi connectivity index (χ3v) is 3.90. The maximum absolute atomic E-state index is 12.9. The van der Waals surface area contributed by atoms with Crippen molar-refractivity contribution in [2.24, 2.45) is 5.92 Å². The second-order valence-electron chi connectivity index (χ2n) is 5.54. The predicted octanol–water partition coefficient (Wildman–Crippen LogP) is 2.78. The van der Waals surface area contributed by atoms with Gasteiger partial charge in [-0.3, -0.25) is 9.69 Å². The molecule has 0 spiro atoms. The van der Waals surface area contributed by atoms with E-state index in [0.717, 1.165) is 24.9 Å². The van der Waals surface area contributed by atoms with E-state index >= 15 is 0 Å². The van der Waals surface area contributed by atoms with Gasteiger partial charge in [-0.25, -0.2) is 9.37 Å². The van der Waals surface area contributed by atoms with E-state index in [2.05, 4.69) is 4.98 Å². The highest BCUT2D eigenvalue weighted by Crippen LogP contribution is 2.23. The number of nitrogens with zero attached hydrogens (tertiary/aromatic N) is 2. The number of likely N-dealkylation sites (tertiary alicyclic amines) is 1. The minimum Gasteiger partial charge on any atom is -0.481 e. The molecule has 1 saturated heterocycles. The molecule has 3 rings (SSSR count). The van der Waals surface area contributed by atoms with Crippen molar-refractivity contribution in [2.75, 3.05) is 13.1 Å². The summed E-state index contributed by atoms with van der Waals surface area (Å²) in [5.41, 5.74) is 0.766. The average molecular weight is 304 g/mol. The van der Waals surface area contributed by atoms with E-state index in [9.17, 15) is 9.18 Å². The van der Waals surface area contributed by atoms with E-state index in [1.807, 2.05) is 4.90 Å². The number of aliphatic carboxylic acids is 1. The molecule has 5 nitrogen and oxygen atoms in total. The molecule has 1 aromatic carbocycles. The first kappa shape index (κ1) is 14.7. The summed E-state index contributed by atoms with van der Waals surface area (Å²) in [7, 11) is 0. The number of carboxylic acid groups (broad SMARTS) is 1. The largest absolute Gasteiger partial charge is 0.481 e. The fourth-order valence-corrected chi connectivity index (χ4v) is 2.72. The maximum atomic E-state index is 12.9. The van der Waals surface area contributed by atoms with Crippen molar-refractivity contribution < 1.29 is 18.7 Å². The van der Waals surface area contributed by atoms with Gasteiger partial charge < -0.3 is 9.52 Å². The zero-order valence-corrected chi connectivity index (χ0v) is 12.0. The van der Waals surface area contributed by atoms with Crippen LogP contribution in [0.4, 0.5) is 4.39 Å². The van der Waals surface area contributed by atoms with Gasteiger partial charge in [-0.15, -0.1) is 0 Å². The Labute approximate surface area is 127 Å². The Morgan fingerprint density at radius 3 is 2.91 bits per heavy atom. The summed E-state index contributed by atoms with van der Waals surface area (Å²) < 4.78 is 18.6. The molecule has 1 fully saturated rings. The minimum atomic E-state index is -0.746. The number of hydrogen-bond acceptors (Lipinski definition) is 4. The van der Waals surface area contributed by atoms with E-state index in [1.54, 1.807) is 18.3 Å². The van der Waals surface area contributed by atoms with Crippen LogP contribution in [0.5, 0.6) is 0 Å². The van der Waals surface area contributed by atoms with Crippen molar-refractivity contribution in [1.82, 2.24) is 9.88 Å². The van der Waals surface area contributed by atoms with Crippen LogP contribution in [0.15, 0.2) is 34.9 Å². The quantitative estimate of drug-likeness (QED) is 0.941. The van der Waals surface area contributed by atoms with Gasteiger partial charge in [-0.2, -0.15) is 0 Å². The number of halogens is 1. The summed E-state index contributed by atoms with van der Waals surface area (Å²) in [4.78, 5) is 17.3. The van der Waals surface area contributed by atoms with Crippen molar-refractivity contribution in [2.45, 2.75) is 19.4 Å². The predicted molar refractivity (Wildman–Crippen MR) is 77.5 cm³/mol. The Kier molecular flexibility index (Phi) is 4.20. The van der Waals surface area contributed by atoms with Crippen LogP contribution >= 0.6 is 0 Å². The number of aromatic nitrogens is 1. The summed E-state index contributed by atoms with van der Waals surface area (Å²) in [5, 5.41) is 9.10. The number of oxazole rings is 1. The molecule has 0 bridgehead atoms. The van der Waals surface area contributed by atoms with Crippen LogP contribution in [-0.2, 0) is 11.3 Å². The molecule has 0 aliphatic carbocycles. The molecular weight excluding hydrogens is 287 g/mol. The van der Waals surface area contributed by atoms with Crippen molar-refractivity contribution >= 4 is 5.97 Å². The smallest absolute Gasteiger partial charge is 0.307 e. The normalized spacial score (nSPS) is 19.2. The summed E-state index contributed by atoms with van der Waals surface area (Å²) in [5.74, 6) is -0.229. The van der Waals surface area contributed by atoms with Gasteiger partial charge in [0.1, 0.15) is 5.82 Å². The van der Waals surface area contributed by atoms with Gasteiger partial charge in [0.25, 0.3) is 0 Å². The minimum absolute atomic E-state index is 0.295. The number of piperidine rings is 1. The zero-order valence-electron chi connectivity index (χ0n) is 12.0. The van der Waals surface area contributed by atoms with Crippen LogP contribution in [0.2, 0.25) is 0 Å². The molecule has 0 radical (unpaired) electrons. The number of rotatable bonds is 4. The summed E-state index contributed by atoms with van der Waals surface area (Å²) in [6.07, 6.45) is 3.20. The second-order valence-corrected chi connectivity index (χ2v) is 5.54. The second kappa shape index (κ2) is 6.27. The molecule has 116 valence electrons. The van der Waals surface area contributed by atoms with Crippen LogP contribution in [0.1, 0.15) is 18.7 Å². The van der Waals surface area contributed by atoms with Gasteiger partial charge >= 0.3 is 5.97 Å². The van der Waals surface area contributed by atoms with Crippen LogP contribution in [-0.4, -0.2) is 34.0 Å². The lowest BCUT2D eigenvalue weighted by atomic mass is 9.98. The van der Waals surface area contributed by atoms with Crippen LogP contribution in [0.25, 0.3) is 11.3 Å². The van der Waals surface area contributed by atoms with E-state index in [4.69, 9.17) is 9.52 Å². The van der Waals surface area contributed by atoms with Crippen molar-refractivity contribution in [3.8, 4) is 11.3 Å². The van der Waals surface area contributed by atoms with Crippen LogP contribution < -0.4 is 0 Å². The lowest BCUT2D eigenvalue weighted by Gasteiger charge is -2.29. The van der Waals surface area contributed by atoms with Gasteiger partial charge in [-0.1, -0.05) is 0 Å². The molecule has 1 N–H and O–H groups in total. The molecule has 1 aliphatic rings. The van der Waals surface area contributed by atoms with Crippen LogP contribution in [0.3, 0.4) is 0 Å². The molecule has 1 aliphatic heterocycles. The topological polar surface area (TPSA) is 66.6 Å². The number of carbonyl (C=O) groups is 1. The van der Waals surface area contributed by atoms with Crippen molar-refractivity contribution in [3.05, 3.63) is 42.2 Å². The highest BCUT2D eigenvalue weighted by atomic mass is 19.1. The Morgan fingerprint density at radius 1 is 1.41 bits per heavy atom. The number of benzene rings is 1. The summed E-state index contributed by atoms with van der Waals surface area (Å²) in [6.45, 7) is 1.85. The molecule has 6 heteroatoms. The highest BCUT2D eigenvalue weighted by molar-refractivity contribution is 5.70. The number of hydrogen-bond donors (Lipinski definition) is 1. The third kappa shape index (κ3) is 3.33. The standard InChI is InChI=1S/C16H17FN2O3/c17-13-5-3-11(4-6-13)14-8-18-15(22-14)10-19-7-1-2-12(9-19)16(20)21/h3-6,8,12H,1-2,7,9-10H2,(H,20,21). The van der Waals surface area contributed by atoms with Gasteiger partial charge in [-0.05, 0) is 43.7 Å². The first-order valence-corrected chi connectivity index (χ1v) is 7.27. The fourth-order valence-electron chi connectivity index (χ4n) is 2.72. The summed E-state index contributed by atoms with van der Waals surface area (Å²) in [6, 6.07) is 6.03. The third-order valence-electron chi connectivity index (χ3n) is 3.90. The highest BCUT2D eigenvalue weighted by Gasteiger charge is 2.26. The van der Waals surface area contributed by atoms with Gasteiger partial charge in [0.05, 0.1) is 18.7 Å². The fraction of sp³-hybridized carbons (Fsp3) is 0.375. The molecule has 1 atom stereocenters. The lowest BCUT2D eigenvalue weighted by Crippen LogP contribution is -2.38. The van der Waals surface area contributed by atoms with E-state index < -0.39 is 5.97 Å². The first-order valence-electron chi connectivity index (χ1n) is 7.27. The van der Waals surface area contributed by atoms with Crippen molar-refractivity contribution in [1.29, 1.82) is 0 Å². The van der Waals surface area contributed by atoms with Gasteiger partial charge in [0, 0.05) is 12.1 Å². The molecule has 0 saturated carbocycles. The molecule has 2 aromatic rings. The Bertz CT molecular complexity index is 654. The summed E-state index contributed by atoms with van der Waals surface area (Å²) >= 11 is 0. The molecule has 1 unspecified atom stereocenters. The van der Waals surface area contributed by atoms with E-state index in [1.165, 1.54) is 12.1 Å². The Morgan fingerprint density at radius 2 is 2.18 bits per heavy atom. The van der Waals surface area contributed by atoms with Gasteiger partial charge in [0.2, 0.25) is 5.89 Å². The molecular formula is C16H17FN2O3. The molecule has 0 amide bonds. The SMILES string of the molecule is O=C(O)C1CCCN(Cc2ncc(-c3ccc(F)cc3)o2)C1. The first-order chi connectivity index (χ1) is 10.6. The van der Waals surface area contributed by atoms with Crippen molar-refractivity contribution in [3.63, 3.8) is 0 Å². The molecule has 22 heavy (non-hydrogen) atoms. The van der Waals surface area contributed by atoms with Gasteiger partial charge in [0.15, 0.2) is 5.76 Å².